The van der Waals surface area contributed by atoms with E-state index in [0.717, 1.165) is 25.8 Å². The number of allylic oxidation sites excluding steroid dienone is 2. The van der Waals surface area contributed by atoms with Gasteiger partial charge in [0, 0.05) is 19.5 Å². The number of nitrogens with zero attached hydrogens (tertiary/aromatic N) is 1. The summed E-state index contributed by atoms with van der Waals surface area (Å²) in [6.07, 6.45) is 6.28. The summed E-state index contributed by atoms with van der Waals surface area (Å²) in [6.45, 7) is 5.96. The van der Waals surface area contributed by atoms with Gasteiger partial charge in [0.15, 0.2) is 0 Å². The molecule has 20 heavy (non-hydrogen) atoms. The van der Waals surface area contributed by atoms with Gasteiger partial charge in [0.2, 0.25) is 5.91 Å². The van der Waals surface area contributed by atoms with Crippen LogP contribution in [0.1, 0.15) is 46.0 Å². The average molecular weight is 279 g/mol. The predicted octanol–water partition coefficient (Wildman–Crippen LogP) is 2.53. The largest absolute Gasteiger partial charge is 0.466 e. The van der Waals surface area contributed by atoms with Gasteiger partial charge >= 0.3 is 5.97 Å². The summed E-state index contributed by atoms with van der Waals surface area (Å²) in [5.41, 5.74) is 1.52. The number of hydrogen-bond acceptors (Lipinski definition) is 3. The first-order valence-electron chi connectivity index (χ1n) is 7.75. The van der Waals surface area contributed by atoms with Crippen LogP contribution in [0.2, 0.25) is 0 Å². The van der Waals surface area contributed by atoms with E-state index in [1.807, 2.05) is 11.8 Å². The minimum Gasteiger partial charge on any atom is -0.466 e. The molecule has 0 spiro atoms. The van der Waals surface area contributed by atoms with Crippen molar-refractivity contribution in [1.29, 1.82) is 0 Å². The van der Waals surface area contributed by atoms with Crippen molar-refractivity contribution < 1.29 is 14.3 Å². The molecule has 0 aromatic rings. The molecule has 1 heterocycles. The van der Waals surface area contributed by atoms with Gasteiger partial charge in [-0.2, -0.15) is 0 Å². The molecule has 2 aliphatic rings. The maximum atomic E-state index is 12.1. The van der Waals surface area contributed by atoms with Crippen molar-refractivity contribution in [2.75, 3.05) is 19.7 Å². The monoisotopic (exact) mass is 279 g/mol. The van der Waals surface area contributed by atoms with Crippen LogP contribution < -0.4 is 0 Å². The van der Waals surface area contributed by atoms with Gasteiger partial charge in [0.1, 0.15) is 0 Å². The van der Waals surface area contributed by atoms with Crippen LogP contribution >= 0.6 is 0 Å². The zero-order chi connectivity index (χ0) is 14.5. The Morgan fingerprint density at radius 2 is 2.25 bits per heavy atom. The molecule has 4 heteroatoms. The van der Waals surface area contributed by atoms with Crippen LogP contribution in [0.5, 0.6) is 0 Å². The molecule has 1 saturated heterocycles. The lowest BCUT2D eigenvalue weighted by molar-refractivity contribution is -0.148. The molecule has 4 nitrogen and oxygen atoms in total. The van der Waals surface area contributed by atoms with E-state index >= 15 is 0 Å². The quantitative estimate of drug-likeness (QED) is 0.554. The van der Waals surface area contributed by atoms with Crippen molar-refractivity contribution >= 4 is 11.9 Å². The molecule has 0 bridgehead atoms. The number of carbonyl (C=O) groups is 2. The van der Waals surface area contributed by atoms with E-state index in [2.05, 4.69) is 13.0 Å². The maximum absolute atomic E-state index is 12.1. The predicted molar refractivity (Wildman–Crippen MR) is 77.0 cm³/mol. The van der Waals surface area contributed by atoms with Gasteiger partial charge < -0.3 is 9.64 Å². The third-order valence-corrected chi connectivity index (χ3v) is 4.33. The third kappa shape index (κ3) is 4.09. The average Bonchev–Trinajstić information content (AvgIpc) is 3.25. The summed E-state index contributed by atoms with van der Waals surface area (Å²) in [6, 6.07) is 0. The normalized spacial score (nSPS) is 23.9. The van der Waals surface area contributed by atoms with Gasteiger partial charge in [-0.1, -0.05) is 18.6 Å². The Bertz CT molecular complexity index is 403. The number of hydrogen-bond donors (Lipinski definition) is 0. The SMILES string of the molecule is CCOC(=O)C1CCC(=O)N(CCC(C)C2=CC2)CC1. The van der Waals surface area contributed by atoms with Gasteiger partial charge in [-0.3, -0.25) is 9.59 Å². The highest BCUT2D eigenvalue weighted by atomic mass is 16.5. The van der Waals surface area contributed by atoms with Gasteiger partial charge in [-0.15, -0.1) is 0 Å². The summed E-state index contributed by atoms with van der Waals surface area (Å²) in [5.74, 6) is 0.534. The van der Waals surface area contributed by atoms with Gasteiger partial charge in [-0.25, -0.2) is 0 Å². The summed E-state index contributed by atoms with van der Waals surface area (Å²) in [4.78, 5) is 25.8. The van der Waals surface area contributed by atoms with Crippen molar-refractivity contribution in [3.05, 3.63) is 11.6 Å². The minimum absolute atomic E-state index is 0.104. The highest BCUT2D eigenvalue weighted by molar-refractivity contribution is 5.79. The second-order valence-electron chi connectivity index (χ2n) is 5.83. The van der Waals surface area contributed by atoms with Gasteiger partial charge in [-0.05, 0) is 38.5 Å². The fourth-order valence-corrected chi connectivity index (χ4v) is 2.77. The highest BCUT2D eigenvalue weighted by Gasteiger charge is 2.28. The smallest absolute Gasteiger partial charge is 0.308 e. The molecule has 1 fully saturated rings. The Kier molecular flexibility index (Phi) is 5.21. The van der Waals surface area contributed by atoms with Crippen LogP contribution in [0, 0.1) is 11.8 Å². The lowest BCUT2D eigenvalue weighted by Gasteiger charge is -2.22. The van der Waals surface area contributed by atoms with E-state index < -0.39 is 0 Å². The summed E-state index contributed by atoms with van der Waals surface area (Å²) in [5, 5.41) is 0. The summed E-state index contributed by atoms with van der Waals surface area (Å²) >= 11 is 0. The maximum Gasteiger partial charge on any atom is 0.308 e. The van der Waals surface area contributed by atoms with E-state index in [0.29, 0.717) is 31.9 Å². The number of rotatable bonds is 6. The zero-order valence-electron chi connectivity index (χ0n) is 12.6. The van der Waals surface area contributed by atoms with Crippen LogP contribution in [0.15, 0.2) is 11.6 Å². The van der Waals surface area contributed by atoms with Crippen molar-refractivity contribution in [3.63, 3.8) is 0 Å². The van der Waals surface area contributed by atoms with Crippen LogP contribution in [-0.4, -0.2) is 36.5 Å². The fraction of sp³-hybridized carbons (Fsp3) is 0.750. The highest BCUT2D eigenvalue weighted by Crippen LogP contribution is 2.30. The van der Waals surface area contributed by atoms with Crippen LogP contribution in [0.3, 0.4) is 0 Å². The molecular weight excluding hydrogens is 254 g/mol. The second kappa shape index (κ2) is 6.91. The molecular formula is C16H25NO3. The first-order chi connectivity index (χ1) is 9.61. The Balaban J connectivity index is 1.80. The molecule has 0 N–H and O–H groups in total. The Hall–Kier alpha value is -1.32. The molecule has 0 aromatic carbocycles. The number of carbonyl (C=O) groups excluding carboxylic acids is 2. The van der Waals surface area contributed by atoms with E-state index in [1.165, 1.54) is 5.57 Å². The Morgan fingerprint density at radius 1 is 1.50 bits per heavy atom. The molecule has 1 aliphatic carbocycles. The molecule has 0 radical (unpaired) electrons. The molecule has 2 atom stereocenters. The topological polar surface area (TPSA) is 46.6 Å². The van der Waals surface area contributed by atoms with Gasteiger partial charge in [0.25, 0.3) is 0 Å². The summed E-state index contributed by atoms with van der Waals surface area (Å²) < 4.78 is 5.07. The molecule has 0 saturated carbocycles. The van der Waals surface area contributed by atoms with Gasteiger partial charge in [0.05, 0.1) is 12.5 Å². The molecule has 112 valence electrons. The summed E-state index contributed by atoms with van der Waals surface area (Å²) in [7, 11) is 0. The first-order valence-corrected chi connectivity index (χ1v) is 7.75. The molecule has 2 unspecified atom stereocenters. The zero-order valence-corrected chi connectivity index (χ0v) is 12.6. The van der Waals surface area contributed by atoms with E-state index in [9.17, 15) is 9.59 Å². The third-order valence-electron chi connectivity index (χ3n) is 4.33. The minimum atomic E-state index is -0.140. The van der Waals surface area contributed by atoms with Crippen molar-refractivity contribution in [2.45, 2.75) is 46.0 Å². The lowest BCUT2D eigenvalue weighted by atomic mass is 10.0. The van der Waals surface area contributed by atoms with Crippen molar-refractivity contribution in [1.82, 2.24) is 4.90 Å². The van der Waals surface area contributed by atoms with Crippen molar-refractivity contribution in [2.24, 2.45) is 11.8 Å². The standard InChI is InChI=1S/C16H25NO3/c1-3-20-16(19)14-6-7-15(18)17(11-9-14)10-8-12(2)13-4-5-13/h4,12,14H,3,5-11H2,1-2H3. The molecule has 2 rings (SSSR count). The van der Waals surface area contributed by atoms with Crippen LogP contribution in [-0.2, 0) is 14.3 Å². The number of likely N-dealkylation sites (tertiary alicyclic amines) is 1. The van der Waals surface area contributed by atoms with E-state index in [-0.39, 0.29) is 17.8 Å². The number of esters is 1. The Labute approximate surface area is 121 Å². The Morgan fingerprint density at radius 3 is 2.90 bits per heavy atom. The second-order valence-corrected chi connectivity index (χ2v) is 5.83. The lowest BCUT2D eigenvalue weighted by Crippen LogP contribution is -2.32. The molecule has 0 aromatic heterocycles. The first kappa shape index (κ1) is 15.1. The number of ether oxygens (including phenoxy) is 1. The van der Waals surface area contributed by atoms with Crippen molar-refractivity contribution in [3.8, 4) is 0 Å². The van der Waals surface area contributed by atoms with E-state index in [1.54, 1.807) is 0 Å². The number of amides is 1. The fourth-order valence-electron chi connectivity index (χ4n) is 2.77. The van der Waals surface area contributed by atoms with Crippen LogP contribution in [0.25, 0.3) is 0 Å². The van der Waals surface area contributed by atoms with Crippen LogP contribution in [0.4, 0.5) is 0 Å². The van der Waals surface area contributed by atoms with E-state index in [4.69, 9.17) is 4.74 Å². The molecule has 1 amide bonds. The molecule has 1 aliphatic heterocycles.